The van der Waals surface area contributed by atoms with E-state index in [9.17, 15) is 9.59 Å². The summed E-state index contributed by atoms with van der Waals surface area (Å²) >= 11 is 0. The molecular formula is C19H29N3O5. The molecule has 8 nitrogen and oxygen atoms in total. The zero-order valence-corrected chi connectivity index (χ0v) is 16.2. The van der Waals surface area contributed by atoms with E-state index in [4.69, 9.17) is 14.2 Å². The number of hydrogen-bond donors (Lipinski definition) is 2. The Morgan fingerprint density at radius 1 is 1.07 bits per heavy atom. The molecule has 27 heavy (non-hydrogen) atoms. The zero-order chi connectivity index (χ0) is 19.6. The van der Waals surface area contributed by atoms with Gasteiger partial charge in [0, 0.05) is 25.2 Å². The maximum Gasteiger partial charge on any atom is 0.409 e. The van der Waals surface area contributed by atoms with E-state index >= 15 is 0 Å². The van der Waals surface area contributed by atoms with Gasteiger partial charge in [0.25, 0.3) is 0 Å². The minimum absolute atomic E-state index is 0.00120. The van der Waals surface area contributed by atoms with Crippen LogP contribution in [-0.4, -0.2) is 56.0 Å². The lowest BCUT2D eigenvalue weighted by Gasteiger charge is -2.31. The second kappa shape index (κ2) is 10.5. The van der Waals surface area contributed by atoms with Crippen molar-refractivity contribution in [1.29, 1.82) is 0 Å². The SMILES string of the molecule is CCOC(=O)N1CCC(NC(=O)Nc2cc(OCC)ccc2OCC)CC1. The number of carbonyl (C=O) groups excluding carboxylic acids is 2. The Balaban J connectivity index is 1.90. The van der Waals surface area contributed by atoms with Gasteiger partial charge >= 0.3 is 12.1 Å². The van der Waals surface area contributed by atoms with E-state index in [0.717, 1.165) is 0 Å². The van der Waals surface area contributed by atoms with Crippen molar-refractivity contribution in [2.45, 2.75) is 39.7 Å². The van der Waals surface area contributed by atoms with Crippen LogP contribution in [0, 0.1) is 0 Å². The number of hydrogen-bond acceptors (Lipinski definition) is 5. The standard InChI is InChI=1S/C19H29N3O5/c1-4-25-15-7-8-17(26-5-2)16(13-15)21-18(23)20-14-9-11-22(12-10-14)19(24)27-6-3/h7-8,13-14H,4-6,9-12H2,1-3H3,(H2,20,21,23). The van der Waals surface area contributed by atoms with Gasteiger partial charge in [-0.3, -0.25) is 0 Å². The van der Waals surface area contributed by atoms with Crippen molar-refractivity contribution >= 4 is 17.8 Å². The summed E-state index contributed by atoms with van der Waals surface area (Å²) in [7, 11) is 0. The average Bonchev–Trinajstić information content (AvgIpc) is 2.65. The third-order valence-corrected chi connectivity index (χ3v) is 4.17. The van der Waals surface area contributed by atoms with Gasteiger partial charge in [-0.25, -0.2) is 9.59 Å². The summed E-state index contributed by atoms with van der Waals surface area (Å²) in [6, 6.07) is 5.03. The van der Waals surface area contributed by atoms with Crippen LogP contribution in [0.1, 0.15) is 33.6 Å². The Morgan fingerprint density at radius 2 is 1.78 bits per heavy atom. The third kappa shape index (κ3) is 6.23. The summed E-state index contributed by atoms with van der Waals surface area (Å²) in [6.45, 7) is 8.10. The molecule has 0 bridgehead atoms. The van der Waals surface area contributed by atoms with E-state index in [2.05, 4.69) is 10.6 Å². The van der Waals surface area contributed by atoms with Crippen molar-refractivity contribution in [3.8, 4) is 11.5 Å². The molecule has 2 N–H and O–H groups in total. The van der Waals surface area contributed by atoms with Crippen LogP contribution in [-0.2, 0) is 4.74 Å². The molecule has 1 aliphatic heterocycles. The molecule has 2 rings (SSSR count). The van der Waals surface area contributed by atoms with Crippen LogP contribution in [0.5, 0.6) is 11.5 Å². The number of nitrogens with zero attached hydrogens (tertiary/aromatic N) is 1. The van der Waals surface area contributed by atoms with Crippen LogP contribution < -0.4 is 20.1 Å². The van der Waals surface area contributed by atoms with Gasteiger partial charge in [-0.1, -0.05) is 0 Å². The molecule has 1 heterocycles. The molecule has 1 aliphatic rings. The molecule has 0 saturated carbocycles. The first-order chi connectivity index (χ1) is 13.1. The van der Waals surface area contributed by atoms with Crippen molar-refractivity contribution in [1.82, 2.24) is 10.2 Å². The number of likely N-dealkylation sites (tertiary alicyclic amines) is 1. The number of benzene rings is 1. The van der Waals surface area contributed by atoms with Crippen molar-refractivity contribution in [2.75, 3.05) is 38.2 Å². The fourth-order valence-corrected chi connectivity index (χ4v) is 2.91. The smallest absolute Gasteiger partial charge is 0.409 e. The van der Waals surface area contributed by atoms with Crippen molar-refractivity contribution in [3.63, 3.8) is 0 Å². The number of nitrogens with one attached hydrogen (secondary N) is 2. The van der Waals surface area contributed by atoms with E-state index in [-0.39, 0.29) is 18.2 Å². The normalized spacial score (nSPS) is 14.4. The number of piperidine rings is 1. The fraction of sp³-hybridized carbons (Fsp3) is 0.579. The van der Waals surface area contributed by atoms with Gasteiger partial charge in [-0.05, 0) is 45.7 Å². The number of rotatable bonds is 7. The Kier molecular flexibility index (Phi) is 8.03. The van der Waals surface area contributed by atoms with E-state index in [1.807, 2.05) is 19.9 Å². The minimum atomic E-state index is -0.306. The molecule has 0 aromatic heterocycles. The molecule has 8 heteroatoms. The van der Waals surface area contributed by atoms with Gasteiger partial charge in [0.05, 0.1) is 25.5 Å². The van der Waals surface area contributed by atoms with Crippen LogP contribution >= 0.6 is 0 Å². The molecule has 0 radical (unpaired) electrons. The maximum absolute atomic E-state index is 12.4. The number of urea groups is 1. The Labute approximate surface area is 160 Å². The molecule has 3 amide bonds. The third-order valence-electron chi connectivity index (χ3n) is 4.17. The van der Waals surface area contributed by atoms with Crippen LogP contribution in [0.3, 0.4) is 0 Å². The van der Waals surface area contributed by atoms with Crippen molar-refractivity contribution in [2.24, 2.45) is 0 Å². The summed E-state index contributed by atoms with van der Waals surface area (Å²) in [5.41, 5.74) is 0.559. The number of anilines is 1. The van der Waals surface area contributed by atoms with Crippen LogP contribution in [0.15, 0.2) is 18.2 Å². The molecular weight excluding hydrogens is 350 g/mol. The monoisotopic (exact) mass is 379 g/mol. The largest absolute Gasteiger partial charge is 0.494 e. The summed E-state index contributed by atoms with van der Waals surface area (Å²) < 4.78 is 16.1. The Bertz CT molecular complexity index is 630. The molecule has 1 saturated heterocycles. The highest BCUT2D eigenvalue weighted by atomic mass is 16.6. The lowest BCUT2D eigenvalue weighted by atomic mass is 10.1. The zero-order valence-electron chi connectivity index (χ0n) is 16.2. The molecule has 0 spiro atoms. The van der Waals surface area contributed by atoms with Gasteiger partial charge < -0.3 is 29.7 Å². The van der Waals surface area contributed by atoms with Gasteiger partial charge in [-0.2, -0.15) is 0 Å². The maximum atomic E-state index is 12.4. The quantitative estimate of drug-likeness (QED) is 0.759. The molecule has 1 fully saturated rings. The highest BCUT2D eigenvalue weighted by Gasteiger charge is 2.24. The summed E-state index contributed by atoms with van der Waals surface area (Å²) in [6.07, 6.45) is 1.07. The second-order valence-corrected chi connectivity index (χ2v) is 6.08. The summed E-state index contributed by atoms with van der Waals surface area (Å²) in [4.78, 5) is 25.8. The van der Waals surface area contributed by atoms with E-state index in [1.54, 1.807) is 24.0 Å². The number of carbonyl (C=O) groups is 2. The predicted octanol–water partition coefficient (Wildman–Crippen LogP) is 3.23. The minimum Gasteiger partial charge on any atom is -0.494 e. The first kappa shape index (κ1) is 20.7. The van der Waals surface area contributed by atoms with Crippen molar-refractivity contribution in [3.05, 3.63) is 18.2 Å². The molecule has 1 aromatic rings. The van der Waals surface area contributed by atoms with Gasteiger partial charge in [0.1, 0.15) is 11.5 Å². The average molecular weight is 379 g/mol. The number of ether oxygens (including phenoxy) is 3. The van der Waals surface area contributed by atoms with Gasteiger partial charge in [-0.15, -0.1) is 0 Å². The topological polar surface area (TPSA) is 89.1 Å². The van der Waals surface area contributed by atoms with E-state index in [1.165, 1.54) is 0 Å². The molecule has 0 atom stereocenters. The van der Waals surface area contributed by atoms with Crippen LogP contribution in [0.4, 0.5) is 15.3 Å². The molecule has 1 aromatic carbocycles. The molecule has 0 unspecified atom stereocenters. The second-order valence-electron chi connectivity index (χ2n) is 6.08. The van der Waals surface area contributed by atoms with Crippen LogP contribution in [0.2, 0.25) is 0 Å². The highest BCUT2D eigenvalue weighted by Crippen LogP contribution is 2.29. The first-order valence-corrected chi connectivity index (χ1v) is 9.46. The molecule has 150 valence electrons. The lowest BCUT2D eigenvalue weighted by Crippen LogP contribution is -2.47. The molecule has 0 aliphatic carbocycles. The van der Waals surface area contributed by atoms with E-state index < -0.39 is 0 Å². The lowest BCUT2D eigenvalue weighted by molar-refractivity contribution is 0.0959. The first-order valence-electron chi connectivity index (χ1n) is 9.46. The van der Waals surface area contributed by atoms with Crippen LogP contribution in [0.25, 0.3) is 0 Å². The summed E-state index contributed by atoms with van der Waals surface area (Å²) in [5, 5.41) is 5.79. The number of amides is 3. The summed E-state index contributed by atoms with van der Waals surface area (Å²) in [5.74, 6) is 1.26. The van der Waals surface area contributed by atoms with Gasteiger partial charge in [0.2, 0.25) is 0 Å². The van der Waals surface area contributed by atoms with Crippen molar-refractivity contribution < 1.29 is 23.8 Å². The predicted molar refractivity (Wildman–Crippen MR) is 103 cm³/mol. The Morgan fingerprint density at radius 3 is 2.41 bits per heavy atom. The fourth-order valence-electron chi connectivity index (χ4n) is 2.91. The highest BCUT2D eigenvalue weighted by molar-refractivity contribution is 5.91. The van der Waals surface area contributed by atoms with Gasteiger partial charge in [0.15, 0.2) is 0 Å². The Hall–Kier alpha value is -2.64. The van der Waals surface area contributed by atoms with E-state index in [0.29, 0.717) is 62.9 Å².